The minimum Gasteiger partial charge on any atom is -0.356 e. The van der Waals surface area contributed by atoms with Crippen molar-refractivity contribution in [3.63, 3.8) is 0 Å². The highest BCUT2D eigenvalue weighted by molar-refractivity contribution is 5.78. The first kappa shape index (κ1) is 18.1. The van der Waals surface area contributed by atoms with Gasteiger partial charge in [0.05, 0.1) is 12.9 Å². The van der Waals surface area contributed by atoms with Crippen LogP contribution in [0.25, 0.3) is 0 Å². The summed E-state index contributed by atoms with van der Waals surface area (Å²) in [6.45, 7) is 3.93. The van der Waals surface area contributed by atoms with Gasteiger partial charge >= 0.3 is 0 Å². The van der Waals surface area contributed by atoms with Gasteiger partial charge in [-0.2, -0.15) is 0 Å². The molecule has 0 radical (unpaired) electrons. The molecule has 1 saturated heterocycles. The molecule has 140 valence electrons. The number of hydrogen-bond acceptors (Lipinski definition) is 5. The first-order valence-electron chi connectivity index (χ1n) is 8.90. The fourth-order valence-electron chi connectivity index (χ4n) is 3.30. The molecule has 1 aliphatic rings. The number of hydrogen-bond donors (Lipinski definition) is 1. The molecule has 3 heterocycles. The third-order valence-corrected chi connectivity index (χ3v) is 4.81. The van der Waals surface area contributed by atoms with Crippen molar-refractivity contribution in [2.75, 3.05) is 19.6 Å². The van der Waals surface area contributed by atoms with E-state index in [1.807, 2.05) is 22.7 Å². The Kier molecular flexibility index (Phi) is 5.65. The minimum absolute atomic E-state index is 0.0935. The van der Waals surface area contributed by atoms with Crippen molar-refractivity contribution in [3.05, 3.63) is 30.4 Å². The van der Waals surface area contributed by atoms with Crippen LogP contribution in [-0.2, 0) is 23.2 Å². The number of carbonyl (C=O) groups excluding carboxylic acids is 2. The van der Waals surface area contributed by atoms with Gasteiger partial charge in [0.2, 0.25) is 11.8 Å². The van der Waals surface area contributed by atoms with Crippen LogP contribution in [0.3, 0.4) is 0 Å². The monoisotopic (exact) mass is 359 g/mol. The van der Waals surface area contributed by atoms with Gasteiger partial charge in [-0.15, -0.1) is 10.2 Å². The lowest BCUT2D eigenvalue weighted by Gasteiger charge is -2.31. The average molecular weight is 359 g/mol. The summed E-state index contributed by atoms with van der Waals surface area (Å²) in [4.78, 5) is 29.0. The van der Waals surface area contributed by atoms with Gasteiger partial charge in [0, 0.05) is 58.3 Å². The van der Waals surface area contributed by atoms with Crippen molar-refractivity contribution >= 4 is 11.8 Å². The summed E-state index contributed by atoms with van der Waals surface area (Å²) in [6.07, 6.45) is 7.52. The maximum atomic E-state index is 12.2. The molecule has 1 N–H and O–H groups in total. The quantitative estimate of drug-likeness (QED) is 0.799. The molecule has 2 amide bonds. The molecule has 2 aromatic rings. The Morgan fingerprint density at radius 1 is 1.27 bits per heavy atom. The molecule has 0 saturated carbocycles. The second-order valence-corrected chi connectivity index (χ2v) is 6.66. The topological polar surface area (TPSA) is 97.9 Å². The van der Waals surface area contributed by atoms with Crippen molar-refractivity contribution in [1.29, 1.82) is 0 Å². The molecule has 0 aliphatic carbocycles. The van der Waals surface area contributed by atoms with E-state index < -0.39 is 0 Å². The maximum Gasteiger partial charge on any atom is 0.224 e. The average Bonchev–Trinajstić information content (AvgIpc) is 3.26. The third kappa shape index (κ3) is 4.27. The number of amides is 2. The zero-order chi connectivity index (χ0) is 18.5. The van der Waals surface area contributed by atoms with E-state index >= 15 is 0 Å². The van der Waals surface area contributed by atoms with Gasteiger partial charge in [-0.3, -0.25) is 9.59 Å². The summed E-state index contributed by atoms with van der Waals surface area (Å²) in [7, 11) is 1.99. The third-order valence-electron chi connectivity index (χ3n) is 4.81. The Morgan fingerprint density at radius 3 is 2.69 bits per heavy atom. The molecule has 0 aromatic carbocycles. The van der Waals surface area contributed by atoms with Crippen molar-refractivity contribution < 1.29 is 9.59 Å². The van der Waals surface area contributed by atoms with Gasteiger partial charge in [0.25, 0.3) is 0 Å². The minimum atomic E-state index is -0.106. The van der Waals surface area contributed by atoms with Crippen LogP contribution in [0.4, 0.5) is 0 Å². The lowest BCUT2D eigenvalue weighted by molar-refractivity contribution is -0.132. The molecule has 0 unspecified atom stereocenters. The van der Waals surface area contributed by atoms with E-state index in [0.717, 1.165) is 24.5 Å². The first-order valence-corrected chi connectivity index (χ1v) is 8.90. The van der Waals surface area contributed by atoms with E-state index in [-0.39, 0.29) is 11.8 Å². The number of aromatic nitrogens is 5. The summed E-state index contributed by atoms with van der Waals surface area (Å²) in [6, 6.07) is 0. The second-order valence-electron chi connectivity index (χ2n) is 6.66. The Bertz CT molecular complexity index is 745. The number of imidazole rings is 1. The van der Waals surface area contributed by atoms with E-state index in [9.17, 15) is 9.59 Å². The highest BCUT2D eigenvalue weighted by atomic mass is 16.2. The van der Waals surface area contributed by atoms with Gasteiger partial charge in [-0.05, 0) is 12.8 Å². The molecular weight excluding hydrogens is 334 g/mol. The van der Waals surface area contributed by atoms with Crippen molar-refractivity contribution in [2.24, 2.45) is 7.05 Å². The normalized spacial score (nSPS) is 15.2. The molecule has 0 atom stereocenters. The van der Waals surface area contributed by atoms with Crippen LogP contribution in [0.15, 0.2) is 18.7 Å². The smallest absolute Gasteiger partial charge is 0.224 e. The molecular formula is C17H25N7O2. The van der Waals surface area contributed by atoms with Crippen molar-refractivity contribution in [1.82, 2.24) is 34.5 Å². The molecule has 26 heavy (non-hydrogen) atoms. The number of rotatable bonds is 6. The Balaban J connectivity index is 1.52. The molecule has 0 bridgehead atoms. The predicted molar refractivity (Wildman–Crippen MR) is 94.2 cm³/mol. The summed E-state index contributed by atoms with van der Waals surface area (Å²) >= 11 is 0. The molecule has 2 aromatic heterocycles. The highest BCUT2D eigenvalue weighted by Gasteiger charge is 2.27. The zero-order valence-corrected chi connectivity index (χ0v) is 15.3. The first-order chi connectivity index (χ1) is 12.5. The van der Waals surface area contributed by atoms with Crippen molar-refractivity contribution in [2.45, 2.75) is 38.6 Å². The van der Waals surface area contributed by atoms with Gasteiger partial charge in [-0.1, -0.05) is 0 Å². The highest BCUT2D eigenvalue weighted by Crippen LogP contribution is 2.27. The standard InChI is InChI=1S/C17H25N7O2/c1-13(25)19-6-3-16(26)24-8-4-14(5-9-24)17-21-20-15(22(17)2)11-23-10-7-18-12-23/h7,10,12,14H,3-6,8-9,11H2,1-2H3,(H,19,25). The van der Waals surface area contributed by atoms with Crippen LogP contribution >= 0.6 is 0 Å². The molecule has 9 heteroatoms. The largest absolute Gasteiger partial charge is 0.356 e. The van der Waals surface area contributed by atoms with E-state index in [2.05, 4.69) is 25.1 Å². The fourth-order valence-corrected chi connectivity index (χ4v) is 3.30. The Hall–Kier alpha value is -2.71. The van der Waals surface area contributed by atoms with Gasteiger partial charge < -0.3 is 19.4 Å². The summed E-state index contributed by atoms with van der Waals surface area (Å²) in [5, 5.41) is 11.4. The predicted octanol–water partition coefficient (Wildman–Crippen LogP) is 0.292. The molecule has 0 spiro atoms. The van der Waals surface area contributed by atoms with E-state index in [0.29, 0.717) is 38.5 Å². The number of piperidine rings is 1. The lowest BCUT2D eigenvalue weighted by atomic mass is 9.95. The zero-order valence-electron chi connectivity index (χ0n) is 15.3. The van der Waals surface area contributed by atoms with Crippen LogP contribution in [0.5, 0.6) is 0 Å². The number of nitrogens with zero attached hydrogens (tertiary/aromatic N) is 6. The van der Waals surface area contributed by atoms with E-state index in [4.69, 9.17) is 0 Å². The molecule has 9 nitrogen and oxygen atoms in total. The maximum absolute atomic E-state index is 12.2. The number of nitrogens with one attached hydrogen (secondary N) is 1. The van der Waals surface area contributed by atoms with E-state index in [1.165, 1.54) is 6.92 Å². The molecule has 3 rings (SSSR count). The van der Waals surface area contributed by atoms with Crippen LogP contribution in [0.2, 0.25) is 0 Å². The number of likely N-dealkylation sites (tertiary alicyclic amines) is 1. The lowest BCUT2D eigenvalue weighted by Crippen LogP contribution is -2.39. The van der Waals surface area contributed by atoms with Gasteiger partial charge in [0.15, 0.2) is 5.82 Å². The van der Waals surface area contributed by atoms with Crippen LogP contribution < -0.4 is 5.32 Å². The second kappa shape index (κ2) is 8.11. The van der Waals surface area contributed by atoms with E-state index in [1.54, 1.807) is 12.5 Å². The van der Waals surface area contributed by atoms with Crippen LogP contribution in [0, 0.1) is 0 Å². The Labute approximate surface area is 152 Å². The van der Waals surface area contributed by atoms with Crippen LogP contribution in [0.1, 0.15) is 43.8 Å². The Morgan fingerprint density at radius 2 is 2.04 bits per heavy atom. The van der Waals surface area contributed by atoms with Gasteiger partial charge in [-0.25, -0.2) is 4.98 Å². The summed E-state index contributed by atoms with van der Waals surface area (Å²) < 4.78 is 4.02. The number of carbonyl (C=O) groups is 2. The fraction of sp³-hybridized carbons (Fsp3) is 0.588. The van der Waals surface area contributed by atoms with Crippen LogP contribution in [-0.4, -0.2) is 60.7 Å². The van der Waals surface area contributed by atoms with Crippen molar-refractivity contribution in [3.8, 4) is 0 Å². The molecule has 1 aliphatic heterocycles. The van der Waals surface area contributed by atoms with Gasteiger partial charge in [0.1, 0.15) is 5.82 Å². The summed E-state index contributed by atoms with van der Waals surface area (Å²) in [5.74, 6) is 2.17. The molecule has 1 fully saturated rings. The SMILES string of the molecule is CC(=O)NCCC(=O)N1CCC(c2nnc(Cn3ccnc3)n2C)CC1. The summed E-state index contributed by atoms with van der Waals surface area (Å²) in [5.41, 5.74) is 0.